The lowest BCUT2D eigenvalue weighted by molar-refractivity contribution is -0.140. The van der Waals surface area contributed by atoms with Crippen LogP contribution in [0.25, 0.3) is 11.1 Å². The summed E-state index contributed by atoms with van der Waals surface area (Å²) in [6.45, 7) is 12.4. The van der Waals surface area contributed by atoms with E-state index in [0.717, 1.165) is 10.4 Å². The maximum atomic E-state index is 12.7. The van der Waals surface area contributed by atoms with Crippen molar-refractivity contribution in [2.75, 3.05) is 6.61 Å². The number of carbonyl (C=O) groups is 3. The Bertz CT molecular complexity index is 1810. The molecule has 0 atom stereocenters. The van der Waals surface area contributed by atoms with Crippen molar-refractivity contribution >= 4 is 29.2 Å². The molecule has 0 radical (unpaired) electrons. The average molecular weight is 638 g/mol. The van der Waals surface area contributed by atoms with Crippen molar-refractivity contribution in [3.63, 3.8) is 0 Å². The van der Waals surface area contributed by atoms with Crippen LogP contribution in [-0.4, -0.2) is 60.2 Å². The number of para-hydroxylation sites is 1. The molecule has 0 spiro atoms. The topological polar surface area (TPSA) is 224 Å². The Morgan fingerprint density at radius 2 is 1.67 bits per heavy atom. The molecule has 2 heterocycles. The second-order valence-electron chi connectivity index (χ2n) is 10.9. The predicted octanol–water partition coefficient (Wildman–Crippen LogP) is 4.47. The van der Waals surface area contributed by atoms with Crippen LogP contribution in [0.2, 0.25) is 0 Å². The van der Waals surface area contributed by atoms with Crippen molar-refractivity contribution in [2.24, 2.45) is 10.2 Å². The first-order chi connectivity index (χ1) is 21.5. The largest absolute Gasteiger partial charge is 0.505 e. The molecule has 0 aliphatic rings. The number of aryl methyl sites for hydroxylation is 2. The lowest BCUT2D eigenvalue weighted by Gasteiger charge is -2.20. The monoisotopic (exact) mass is 637 g/mol. The number of aromatic carboxylic acids is 1. The number of ether oxygens (including phenoxy) is 1. The summed E-state index contributed by atoms with van der Waals surface area (Å²) in [6, 6.07) is 12.4. The van der Waals surface area contributed by atoms with Crippen LogP contribution in [-0.2, 0) is 20.9 Å². The van der Waals surface area contributed by atoms with Crippen molar-refractivity contribution in [2.45, 2.75) is 60.5 Å². The molecule has 0 unspecified atom stereocenters. The Hall–Kier alpha value is -5.73. The molecule has 0 aliphatic heterocycles. The number of esters is 1. The number of carboxylic acids is 1. The number of hydrogen-bond donors (Lipinski definition) is 6. The number of azo groups is 1. The maximum Gasteiger partial charge on any atom is 0.335 e. The highest BCUT2D eigenvalue weighted by Crippen LogP contribution is 2.38. The van der Waals surface area contributed by atoms with Crippen LogP contribution in [0.3, 0.4) is 0 Å². The predicted molar refractivity (Wildman–Crippen MR) is 171 cm³/mol. The number of H-pyrrole nitrogens is 3. The van der Waals surface area contributed by atoms with Gasteiger partial charge in [0.05, 0.1) is 17.9 Å². The first-order valence-corrected chi connectivity index (χ1v) is 14.1. The smallest absolute Gasteiger partial charge is 0.335 e. The minimum atomic E-state index is -1.08. The number of nitrogens with one attached hydrogen (secondary N) is 4. The first kappa shape index (κ1) is 36.5. The van der Waals surface area contributed by atoms with Crippen molar-refractivity contribution in [3.8, 4) is 16.9 Å². The summed E-state index contributed by atoms with van der Waals surface area (Å²) in [6.07, 6.45) is 0. The number of carbonyl (C=O) groups excluding carboxylic acids is 2. The van der Waals surface area contributed by atoms with Gasteiger partial charge in [-0.3, -0.25) is 29.4 Å². The molecule has 15 nitrogen and oxygen atoms in total. The molecule has 2 aromatic heterocycles. The standard InChI is InChI=1S/C23H25N5O5.C4H6N2O.C4H8O2/c1-13-19(21(31)28(27-13)12-18(29)24-23(2,3)4)26-25-17-10-6-9-16(20(17)30)14-7-5-8-15(11-14)22(32)33;1-3-2-4(7)6-5-3;1-3-6-4(2)5/h5-11,27,30H,12H2,1-4H3,(H,24,29)(H,32,33);2H,1H3,(H2,5,6,7);3H2,1-2H3. The molecule has 0 fully saturated rings. The number of phenols is 1. The number of aromatic amines is 3. The molecule has 0 saturated carbocycles. The van der Waals surface area contributed by atoms with Gasteiger partial charge in [-0.25, -0.2) is 9.48 Å². The summed E-state index contributed by atoms with van der Waals surface area (Å²) in [5.41, 5.74) is 1.31. The minimum Gasteiger partial charge on any atom is -0.505 e. The van der Waals surface area contributed by atoms with E-state index in [2.05, 4.69) is 35.6 Å². The fourth-order valence-corrected chi connectivity index (χ4v) is 3.83. The second kappa shape index (κ2) is 16.4. The summed E-state index contributed by atoms with van der Waals surface area (Å²) in [5, 5.41) is 38.5. The highest BCUT2D eigenvalue weighted by atomic mass is 16.5. The third kappa shape index (κ3) is 11.4. The number of nitrogens with zero attached hydrogens (tertiary/aromatic N) is 3. The van der Waals surface area contributed by atoms with Crippen molar-refractivity contribution < 1.29 is 29.3 Å². The van der Waals surface area contributed by atoms with Crippen LogP contribution in [0.1, 0.15) is 56.4 Å². The van der Waals surface area contributed by atoms with E-state index in [1.807, 2.05) is 27.7 Å². The van der Waals surface area contributed by atoms with Gasteiger partial charge in [-0.05, 0) is 65.3 Å². The van der Waals surface area contributed by atoms with Gasteiger partial charge < -0.3 is 25.4 Å². The Morgan fingerprint density at radius 3 is 2.17 bits per heavy atom. The molecule has 4 aromatic rings. The van der Waals surface area contributed by atoms with Gasteiger partial charge in [0.15, 0.2) is 11.4 Å². The van der Waals surface area contributed by atoms with Gasteiger partial charge in [-0.1, -0.05) is 24.3 Å². The Labute approximate surface area is 264 Å². The Kier molecular flexibility index (Phi) is 13.0. The van der Waals surface area contributed by atoms with Crippen molar-refractivity contribution in [3.05, 3.63) is 86.2 Å². The van der Waals surface area contributed by atoms with Crippen LogP contribution in [0, 0.1) is 13.8 Å². The summed E-state index contributed by atoms with van der Waals surface area (Å²) in [7, 11) is 0. The summed E-state index contributed by atoms with van der Waals surface area (Å²) < 4.78 is 5.54. The molecule has 2 aromatic carbocycles. The van der Waals surface area contributed by atoms with Crippen LogP contribution >= 0.6 is 0 Å². The van der Waals surface area contributed by atoms with Gasteiger partial charge >= 0.3 is 11.9 Å². The van der Waals surface area contributed by atoms with Gasteiger partial charge in [-0.15, -0.1) is 10.2 Å². The Balaban J connectivity index is 0.000000469. The second-order valence-corrected chi connectivity index (χ2v) is 10.9. The van der Waals surface area contributed by atoms with Crippen LogP contribution in [0.5, 0.6) is 5.75 Å². The molecule has 0 bridgehead atoms. The number of carboxylic acid groups (broad SMARTS) is 1. The Morgan fingerprint density at radius 1 is 1.00 bits per heavy atom. The number of aromatic nitrogens is 4. The SMILES string of the molecule is CCOC(C)=O.Cc1[nH]n(CC(=O)NC(C)(C)C)c(=O)c1N=Nc1cccc(-c2cccc(C(=O)O)c2)c1O.Cc1cc(=O)[nH][nH]1. The summed E-state index contributed by atoms with van der Waals surface area (Å²) in [4.78, 5) is 56.1. The fraction of sp³-hybridized carbons (Fsp3) is 0.323. The molecule has 0 aliphatic carbocycles. The zero-order valence-corrected chi connectivity index (χ0v) is 26.7. The van der Waals surface area contributed by atoms with E-state index in [-0.39, 0.29) is 46.7 Å². The number of rotatable bonds is 7. The summed E-state index contributed by atoms with van der Waals surface area (Å²) >= 11 is 0. The normalized spacial score (nSPS) is 10.8. The number of phenolic OH excluding ortho intramolecular Hbond substituents is 1. The quantitative estimate of drug-likeness (QED) is 0.125. The van der Waals surface area contributed by atoms with Gasteiger partial charge in [0.25, 0.3) is 11.1 Å². The summed E-state index contributed by atoms with van der Waals surface area (Å²) in [5.74, 6) is -1.83. The third-order valence-electron chi connectivity index (χ3n) is 5.69. The third-order valence-corrected chi connectivity index (χ3v) is 5.69. The maximum absolute atomic E-state index is 12.7. The van der Waals surface area contributed by atoms with E-state index >= 15 is 0 Å². The average Bonchev–Trinajstić information content (AvgIpc) is 3.46. The van der Waals surface area contributed by atoms with Crippen molar-refractivity contribution in [1.82, 2.24) is 25.3 Å². The zero-order chi connectivity index (χ0) is 34.6. The van der Waals surface area contributed by atoms with Gasteiger partial charge in [0.1, 0.15) is 12.2 Å². The number of hydrogen-bond acceptors (Lipinski definition) is 9. The van der Waals surface area contributed by atoms with E-state index in [9.17, 15) is 34.2 Å². The molecular formula is C31H39N7O8. The highest BCUT2D eigenvalue weighted by molar-refractivity contribution is 5.90. The molecule has 4 rings (SSSR count). The van der Waals surface area contributed by atoms with E-state index in [4.69, 9.17) is 0 Å². The number of aromatic hydroxyl groups is 1. The van der Waals surface area contributed by atoms with Crippen LogP contribution < -0.4 is 16.4 Å². The van der Waals surface area contributed by atoms with E-state index in [1.54, 1.807) is 38.1 Å². The number of amides is 1. The van der Waals surface area contributed by atoms with Crippen LogP contribution in [0.4, 0.5) is 11.4 Å². The molecule has 46 heavy (non-hydrogen) atoms. The lowest BCUT2D eigenvalue weighted by atomic mass is 10.0. The van der Waals surface area contributed by atoms with Gasteiger partial charge in [0, 0.05) is 29.8 Å². The lowest BCUT2D eigenvalue weighted by Crippen LogP contribution is -2.43. The molecule has 246 valence electrons. The van der Waals surface area contributed by atoms with E-state index in [1.165, 1.54) is 31.2 Å². The molecule has 6 N–H and O–H groups in total. The molecular weight excluding hydrogens is 598 g/mol. The van der Waals surface area contributed by atoms with Crippen molar-refractivity contribution in [1.29, 1.82) is 0 Å². The van der Waals surface area contributed by atoms with Gasteiger partial charge in [0.2, 0.25) is 5.91 Å². The highest BCUT2D eigenvalue weighted by Gasteiger charge is 2.18. The molecule has 1 amide bonds. The zero-order valence-electron chi connectivity index (χ0n) is 26.7. The van der Waals surface area contributed by atoms with Gasteiger partial charge in [-0.2, -0.15) is 0 Å². The van der Waals surface area contributed by atoms with Crippen LogP contribution in [0.15, 0.2) is 68.3 Å². The number of benzene rings is 2. The molecule has 0 saturated heterocycles. The van der Waals surface area contributed by atoms with E-state index < -0.39 is 17.1 Å². The fourth-order valence-electron chi connectivity index (χ4n) is 3.83. The molecule has 15 heteroatoms. The first-order valence-electron chi connectivity index (χ1n) is 14.1. The van der Waals surface area contributed by atoms with E-state index in [0.29, 0.717) is 23.4 Å². The minimum absolute atomic E-state index is 0.0104.